The summed E-state index contributed by atoms with van der Waals surface area (Å²) >= 11 is 0. The van der Waals surface area contributed by atoms with E-state index in [1.165, 1.54) is 12.1 Å². The average molecular weight is 443 g/mol. The molecule has 1 amide bonds. The fourth-order valence-corrected chi connectivity index (χ4v) is 6.54. The van der Waals surface area contributed by atoms with Crippen molar-refractivity contribution < 1.29 is 26.4 Å². The van der Waals surface area contributed by atoms with Crippen LogP contribution in [0.25, 0.3) is 0 Å². The fourth-order valence-electron chi connectivity index (χ4n) is 4.86. The summed E-state index contributed by atoms with van der Waals surface area (Å²) in [6, 6.07) is 4.25. The first kappa shape index (κ1) is 21.4. The third-order valence-corrected chi connectivity index (χ3v) is 8.50. The summed E-state index contributed by atoms with van der Waals surface area (Å²) in [7, 11) is -4.28. The van der Waals surface area contributed by atoms with Crippen LogP contribution < -0.4 is 0 Å². The highest BCUT2D eigenvalue weighted by atomic mass is 32.2. The molecule has 30 heavy (non-hydrogen) atoms. The molecule has 0 radical (unpaired) electrons. The molecule has 2 aliphatic heterocycles. The van der Waals surface area contributed by atoms with Gasteiger partial charge in [-0.1, -0.05) is 24.3 Å². The lowest BCUT2D eigenvalue weighted by Crippen LogP contribution is -2.44. The van der Waals surface area contributed by atoms with E-state index >= 15 is 0 Å². The van der Waals surface area contributed by atoms with Gasteiger partial charge in [-0.15, -0.1) is 0 Å². The zero-order chi connectivity index (χ0) is 21.5. The Morgan fingerprint density at radius 1 is 0.967 bits per heavy atom. The fraction of sp³-hybridized carbons (Fsp3) is 0.571. The number of rotatable bonds is 3. The van der Waals surface area contributed by atoms with Crippen LogP contribution in [-0.2, 0) is 21.0 Å². The van der Waals surface area contributed by atoms with Crippen LogP contribution in [0.5, 0.6) is 0 Å². The van der Waals surface area contributed by atoms with Gasteiger partial charge in [-0.3, -0.25) is 4.79 Å². The van der Waals surface area contributed by atoms with E-state index in [2.05, 4.69) is 12.2 Å². The summed E-state index contributed by atoms with van der Waals surface area (Å²) in [6.07, 6.45) is 2.22. The van der Waals surface area contributed by atoms with Gasteiger partial charge in [0.2, 0.25) is 15.9 Å². The zero-order valence-electron chi connectivity index (χ0n) is 16.5. The summed E-state index contributed by atoms with van der Waals surface area (Å²) in [5.41, 5.74) is -1.16. The first-order chi connectivity index (χ1) is 14.2. The number of fused-ring (bicyclic) bond motifs is 1. The SMILES string of the molecule is O=C(C1CCN(S(=O)(=O)c2ccccc2C(F)(F)F)CC1)N1C[C@H]2CC=CC[C@@H]2C1. The summed E-state index contributed by atoms with van der Waals surface area (Å²) < 4.78 is 66.7. The van der Waals surface area contributed by atoms with Crippen molar-refractivity contribution in [2.45, 2.75) is 36.8 Å². The summed E-state index contributed by atoms with van der Waals surface area (Å²) in [6.45, 7) is 1.58. The van der Waals surface area contributed by atoms with Gasteiger partial charge >= 0.3 is 6.18 Å². The van der Waals surface area contributed by atoms with Crippen LogP contribution in [0.1, 0.15) is 31.2 Å². The predicted molar refractivity (Wildman–Crippen MR) is 105 cm³/mol. The lowest BCUT2D eigenvalue weighted by atomic mass is 9.86. The number of carbonyl (C=O) groups excluding carboxylic acids is 1. The van der Waals surface area contributed by atoms with Crippen molar-refractivity contribution in [2.24, 2.45) is 17.8 Å². The van der Waals surface area contributed by atoms with Crippen molar-refractivity contribution >= 4 is 15.9 Å². The van der Waals surface area contributed by atoms with Crippen LogP contribution in [-0.4, -0.2) is 49.7 Å². The number of piperidine rings is 1. The normalized spacial score (nSPS) is 26.0. The quantitative estimate of drug-likeness (QED) is 0.673. The molecule has 2 saturated heterocycles. The minimum absolute atomic E-state index is 0.0488. The van der Waals surface area contributed by atoms with E-state index in [4.69, 9.17) is 0 Å². The number of nitrogens with zero attached hydrogens (tertiary/aromatic N) is 2. The predicted octanol–water partition coefficient (Wildman–Crippen LogP) is 3.53. The molecule has 2 fully saturated rings. The highest BCUT2D eigenvalue weighted by molar-refractivity contribution is 7.89. The molecule has 0 unspecified atom stereocenters. The van der Waals surface area contributed by atoms with Crippen LogP contribution >= 0.6 is 0 Å². The molecule has 3 aliphatic rings. The number of alkyl halides is 3. The van der Waals surface area contributed by atoms with Crippen molar-refractivity contribution in [2.75, 3.05) is 26.2 Å². The molecule has 2 atom stereocenters. The molecule has 4 rings (SSSR count). The molecule has 0 spiro atoms. The molecular formula is C21H25F3N2O3S. The molecular weight excluding hydrogens is 417 g/mol. The Hall–Kier alpha value is -1.87. The highest BCUT2D eigenvalue weighted by Gasteiger charge is 2.42. The number of sulfonamides is 1. The van der Waals surface area contributed by atoms with Gasteiger partial charge in [-0.25, -0.2) is 8.42 Å². The Labute approximate surface area is 174 Å². The van der Waals surface area contributed by atoms with Crippen molar-refractivity contribution in [1.82, 2.24) is 9.21 Å². The minimum atomic E-state index is -4.75. The van der Waals surface area contributed by atoms with Crippen LogP contribution in [0.3, 0.4) is 0 Å². The number of halogens is 3. The van der Waals surface area contributed by atoms with E-state index in [0.29, 0.717) is 24.7 Å². The number of likely N-dealkylation sites (tertiary alicyclic amines) is 1. The standard InChI is InChI=1S/C21H25F3N2O3S/c22-21(23,24)18-7-3-4-8-19(18)30(28,29)26-11-9-15(10-12-26)20(27)25-13-16-5-1-2-6-17(16)14-25/h1-4,7-8,15-17H,5-6,9-14H2/t16-,17-/m1/s1. The van der Waals surface area contributed by atoms with Gasteiger partial charge in [0.05, 0.1) is 10.5 Å². The van der Waals surface area contributed by atoms with Crippen LogP contribution in [0.4, 0.5) is 13.2 Å². The van der Waals surface area contributed by atoms with Crippen LogP contribution in [0.2, 0.25) is 0 Å². The molecule has 0 aromatic heterocycles. The second-order valence-corrected chi connectivity index (χ2v) is 10.3. The monoisotopic (exact) mass is 442 g/mol. The van der Waals surface area contributed by atoms with Gasteiger partial charge in [0, 0.05) is 32.1 Å². The van der Waals surface area contributed by atoms with E-state index in [9.17, 15) is 26.4 Å². The number of benzene rings is 1. The maximum Gasteiger partial charge on any atom is 0.417 e. The molecule has 1 aromatic rings. The Morgan fingerprint density at radius 2 is 1.53 bits per heavy atom. The van der Waals surface area contributed by atoms with Gasteiger partial charge in [0.1, 0.15) is 0 Å². The zero-order valence-corrected chi connectivity index (χ0v) is 17.3. The van der Waals surface area contributed by atoms with Crippen molar-refractivity contribution in [3.8, 4) is 0 Å². The van der Waals surface area contributed by atoms with E-state index in [1.807, 2.05) is 4.90 Å². The molecule has 1 aliphatic carbocycles. The summed E-state index contributed by atoms with van der Waals surface area (Å²) in [5, 5.41) is 0. The molecule has 0 N–H and O–H groups in total. The lowest BCUT2D eigenvalue weighted by Gasteiger charge is -2.33. The van der Waals surface area contributed by atoms with Gasteiger partial charge in [0.25, 0.3) is 0 Å². The van der Waals surface area contributed by atoms with E-state index in [0.717, 1.165) is 42.4 Å². The number of allylic oxidation sites excluding steroid dienone is 2. The summed E-state index contributed by atoms with van der Waals surface area (Å²) in [5.74, 6) is 0.774. The maximum atomic E-state index is 13.3. The van der Waals surface area contributed by atoms with E-state index in [1.54, 1.807) is 0 Å². The van der Waals surface area contributed by atoms with Crippen molar-refractivity contribution in [3.63, 3.8) is 0 Å². The molecule has 0 bridgehead atoms. The second kappa shape index (κ2) is 8.00. The number of carbonyl (C=O) groups is 1. The molecule has 164 valence electrons. The maximum absolute atomic E-state index is 13.3. The third kappa shape index (κ3) is 4.01. The smallest absolute Gasteiger partial charge is 0.342 e. The minimum Gasteiger partial charge on any atom is -0.342 e. The van der Waals surface area contributed by atoms with Gasteiger partial charge in [-0.05, 0) is 49.7 Å². The van der Waals surface area contributed by atoms with Crippen molar-refractivity contribution in [3.05, 3.63) is 42.0 Å². The Kier molecular flexibility index (Phi) is 5.69. The third-order valence-electron chi connectivity index (χ3n) is 6.55. The molecule has 0 saturated carbocycles. The first-order valence-electron chi connectivity index (χ1n) is 10.3. The number of hydrogen-bond donors (Lipinski definition) is 0. The molecule has 9 heteroatoms. The highest BCUT2D eigenvalue weighted by Crippen LogP contribution is 2.37. The van der Waals surface area contributed by atoms with Gasteiger partial charge in [-0.2, -0.15) is 17.5 Å². The van der Waals surface area contributed by atoms with E-state index in [-0.39, 0.29) is 24.9 Å². The van der Waals surface area contributed by atoms with Gasteiger partial charge < -0.3 is 4.90 Å². The largest absolute Gasteiger partial charge is 0.417 e. The van der Waals surface area contributed by atoms with Gasteiger partial charge in [0.15, 0.2) is 0 Å². The molecule has 1 aromatic carbocycles. The Balaban J connectivity index is 1.42. The Bertz CT molecular complexity index is 921. The number of amides is 1. The van der Waals surface area contributed by atoms with Crippen LogP contribution in [0.15, 0.2) is 41.3 Å². The topological polar surface area (TPSA) is 57.7 Å². The second-order valence-electron chi connectivity index (χ2n) is 8.38. The van der Waals surface area contributed by atoms with Crippen molar-refractivity contribution in [1.29, 1.82) is 0 Å². The first-order valence-corrected chi connectivity index (χ1v) is 11.7. The number of hydrogen-bond acceptors (Lipinski definition) is 3. The Morgan fingerprint density at radius 3 is 2.10 bits per heavy atom. The average Bonchev–Trinajstić information content (AvgIpc) is 3.17. The summed E-state index contributed by atoms with van der Waals surface area (Å²) in [4.78, 5) is 14.1. The molecule has 5 nitrogen and oxygen atoms in total. The van der Waals surface area contributed by atoms with E-state index < -0.39 is 26.7 Å². The van der Waals surface area contributed by atoms with Crippen LogP contribution in [0, 0.1) is 17.8 Å². The lowest BCUT2D eigenvalue weighted by molar-refractivity contribution is -0.140. The molecule has 2 heterocycles.